The van der Waals surface area contributed by atoms with Crippen molar-refractivity contribution in [1.82, 2.24) is 20.4 Å². The highest BCUT2D eigenvalue weighted by Gasteiger charge is 2.31. The van der Waals surface area contributed by atoms with Crippen molar-refractivity contribution in [2.75, 3.05) is 32.7 Å². The van der Waals surface area contributed by atoms with Gasteiger partial charge >= 0.3 is 6.03 Å². The zero-order valence-electron chi connectivity index (χ0n) is 14.8. The van der Waals surface area contributed by atoms with E-state index >= 15 is 0 Å². The van der Waals surface area contributed by atoms with Gasteiger partial charge in [0.05, 0.1) is 6.04 Å². The molecular weight excluding hydrogens is 308 g/mol. The third-order valence-electron chi connectivity index (χ3n) is 5.08. The predicted octanol–water partition coefficient (Wildman–Crippen LogP) is 0.945. The third-order valence-corrected chi connectivity index (χ3v) is 5.08. The van der Waals surface area contributed by atoms with Crippen molar-refractivity contribution in [3.8, 4) is 0 Å². The van der Waals surface area contributed by atoms with E-state index in [1.165, 1.54) is 6.42 Å². The van der Waals surface area contributed by atoms with Crippen LogP contribution in [0.5, 0.6) is 0 Å². The zero-order valence-corrected chi connectivity index (χ0v) is 14.8. The molecule has 0 bridgehead atoms. The molecule has 0 spiro atoms. The van der Waals surface area contributed by atoms with Crippen molar-refractivity contribution in [2.45, 2.75) is 52.0 Å². The second-order valence-electron chi connectivity index (χ2n) is 6.72. The second kappa shape index (κ2) is 9.01. The van der Waals surface area contributed by atoms with E-state index < -0.39 is 6.03 Å². The average molecular weight is 338 g/mol. The highest BCUT2D eigenvalue weighted by atomic mass is 16.2. The van der Waals surface area contributed by atoms with E-state index in [2.05, 4.69) is 10.6 Å². The number of carbonyl (C=O) groups excluding carboxylic acids is 3. The Morgan fingerprint density at radius 3 is 2.25 bits per heavy atom. The molecule has 7 heteroatoms. The van der Waals surface area contributed by atoms with E-state index in [0.717, 1.165) is 25.7 Å². The average Bonchev–Trinajstić information content (AvgIpc) is 2.61. The van der Waals surface area contributed by atoms with Crippen molar-refractivity contribution < 1.29 is 14.4 Å². The molecule has 4 amide bonds. The molecule has 0 aromatic rings. The van der Waals surface area contributed by atoms with Crippen LogP contribution in [0.25, 0.3) is 0 Å². The van der Waals surface area contributed by atoms with Gasteiger partial charge < -0.3 is 10.2 Å². The van der Waals surface area contributed by atoms with Crippen LogP contribution in [0, 0.1) is 5.92 Å². The van der Waals surface area contributed by atoms with Gasteiger partial charge in [-0.3, -0.25) is 19.8 Å². The van der Waals surface area contributed by atoms with E-state index in [1.54, 1.807) is 13.8 Å². The Hall–Kier alpha value is -1.63. The summed E-state index contributed by atoms with van der Waals surface area (Å²) in [5.74, 6) is 0.186. The fourth-order valence-electron chi connectivity index (χ4n) is 3.52. The summed E-state index contributed by atoms with van der Waals surface area (Å²) in [6.45, 7) is 6.74. The summed E-state index contributed by atoms with van der Waals surface area (Å²) in [4.78, 5) is 40.1. The van der Waals surface area contributed by atoms with Gasteiger partial charge in [-0.25, -0.2) is 4.79 Å². The Morgan fingerprint density at radius 2 is 1.67 bits per heavy atom. The fourth-order valence-corrected chi connectivity index (χ4v) is 3.52. The molecule has 2 N–H and O–H groups in total. The molecular formula is C17H30N4O3. The smallest absolute Gasteiger partial charge is 0.321 e. The lowest BCUT2D eigenvalue weighted by molar-refractivity contribution is -0.139. The zero-order chi connectivity index (χ0) is 17.5. The molecule has 2 fully saturated rings. The van der Waals surface area contributed by atoms with Gasteiger partial charge in [0.1, 0.15) is 0 Å². The molecule has 1 aliphatic heterocycles. The number of piperazine rings is 1. The Balaban J connectivity index is 1.77. The van der Waals surface area contributed by atoms with Gasteiger partial charge in [-0.15, -0.1) is 0 Å². The molecule has 136 valence electrons. The Morgan fingerprint density at radius 1 is 1.04 bits per heavy atom. The number of hydrogen-bond acceptors (Lipinski definition) is 4. The molecule has 0 aromatic heterocycles. The van der Waals surface area contributed by atoms with Crippen LogP contribution in [-0.2, 0) is 9.59 Å². The molecule has 1 aliphatic carbocycles. The van der Waals surface area contributed by atoms with E-state index in [4.69, 9.17) is 0 Å². The van der Waals surface area contributed by atoms with Crippen LogP contribution in [0.15, 0.2) is 0 Å². The van der Waals surface area contributed by atoms with Crippen molar-refractivity contribution >= 4 is 17.8 Å². The molecule has 24 heavy (non-hydrogen) atoms. The maximum absolute atomic E-state index is 12.6. The van der Waals surface area contributed by atoms with Crippen molar-refractivity contribution in [2.24, 2.45) is 5.92 Å². The molecule has 2 aliphatic rings. The first kappa shape index (κ1) is 18.7. The Labute approximate surface area is 144 Å². The number of urea groups is 1. The minimum absolute atomic E-state index is 0.198. The predicted molar refractivity (Wildman–Crippen MR) is 91.4 cm³/mol. The molecule has 1 heterocycles. The lowest BCUT2D eigenvalue weighted by Gasteiger charge is -2.39. The monoisotopic (exact) mass is 338 g/mol. The molecule has 0 radical (unpaired) electrons. The summed E-state index contributed by atoms with van der Waals surface area (Å²) in [6.07, 6.45) is 5.60. The number of carbonyl (C=O) groups is 3. The molecule has 0 unspecified atom stereocenters. The van der Waals surface area contributed by atoms with Crippen LogP contribution in [-0.4, -0.2) is 66.4 Å². The van der Waals surface area contributed by atoms with Gasteiger partial charge in [-0.1, -0.05) is 19.3 Å². The SMILES string of the molecule is CCNC(=O)NC(=O)[C@H](C)N1CCN(C(=O)C2CCCCC2)CC1. The number of rotatable bonds is 4. The third kappa shape index (κ3) is 4.93. The van der Waals surface area contributed by atoms with Gasteiger partial charge in [0.15, 0.2) is 0 Å². The minimum Gasteiger partial charge on any atom is -0.340 e. The van der Waals surface area contributed by atoms with Crippen molar-refractivity contribution in [3.63, 3.8) is 0 Å². The van der Waals surface area contributed by atoms with Crippen LogP contribution in [0.1, 0.15) is 46.0 Å². The topological polar surface area (TPSA) is 81.8 Å². The lowest BCUT2D eigenvalue weighted by atomic mass is 9.88. The van der Waals surface area contributed by atoms with Crippen LogP contribution in [0.4, 0.5) is 4.79 Å². The molecule has 0 aromatic carbocycles. The van der Waals surface area contributed by atoms with Crippen molar-refractivity contribution in [1.29, 1.82) is 0 Å². The van der Waals surface area contributed by atoms with Gasteiger partial charge in [-0.2, -0.15) is 0 Å². The summed E-state index contributed by atoms with van der Waals surface area (Å²) in [7, 11) is 0. The first-order valence-electron chi connectivity index (χ1n) is 9.14. The Kier molecular flexibility index (Phi) is 7.02. The largest absolute Gasteiger partial charge is 0.340 e. The highest BCUT2D eigenvalue weighted by Crippen LogP contribution is 2.25. The standard InChI is InChI=1S/C17H30N4O3/c1-3-18-17(24)19-15(22)13(2)20-9-11-21(12-10-20)16(23)14-7-5-4-6-8-14/h13-14H,3-12H2,1-2H3,(H2,18,19,22,24)/t13-/m0/s1. The van der Waals surface area contributed by atoms with Gasteiger partial charge in [-0.05, 0) is 26.7 Å². The number of amides is 4. The number of nitrogens with zero attached hydrogens (tertiary/aromatic N) is 2. The van der Waals surface area contributed by atoms with Gasteiger partial charge in [0, 0.05) is 38.6 Å². The fraction of sp³-hybridized carbons (Fsp3) is 0.824. The van der Waals surface area contributed by atoms with E-state index in [0.29, 0.717) is 32.7 Å². The normalized spacial score (nSPS) is 21.2. The molecule has 1 saturated heterocycles. The number of hydrogen-bond donors (Lipinski definition) is 2. The van der Waals surface area contributed by atoms with Crippen LogP contribution in [0.3, 0.4) is 0 Å². The van der Waals surface area contributed by atoms with E-state index in [9.17, 15) is 14.4 Å². The summed E-state index contributed by atoms with van der Waals surface area (Å²) in [5, 5.41) is 4.90. The lowest BCUT2D eigenvalue weighted by Crippen LogP contribution is -2.56. The highest BCUT2D eigenvalue weighted by molar-refractivity contribution is 5.96. The van der Waals surface area contributed by atoms with E-state index in [1.807, 2.05) is 9.80 Å². The Bertz CT molecular complexity index is 455. The number of imide groups is 1. The van der Waals surface area contributed by atoms with Crippen molar-refractivity contribution in [3.05, 3.63) is 0 Å². The second-order valence-corrected chi connectivity index (χ2v) is 6.72. The molecule has 1 atom stereocenters. The molecule has 2 rings (SSSR count). The minimum atomic E-state index is -0.458. The summed E-state index contributed by atoms with van der Waals surface area (Å²) in [5.41, 5.74) is 0. The van der Waals surface area contributed by atoms with Crippen LogP contribution >= 0.6 is 0 Å². The van der Waals surface area contributed by atoms with Gasteiger partial charge in [0.2, 0.25) is 11.8 Å². The van der Waals surface area contributed by atoms with Crippen LogP contribution in [0.2, 0.25) is 0 Å². The maximum Gasteiger partial charge on any atom is 0.321 e. The molecule has 7 nitrogen and oxygen atoms in total. The summed E-state index contributed by atoms with van der Waals surface area (Å²) in [6, 6.07) is -0.833. The maximum atomic E-state index is 12.6. The van der Waals surface area contributed by atoms with E-state index in [-0.39, 0.29) is 23.8 Å². The quantitative estimate of drug-likeness (QED) is 0.799. The summed E-state index contributed by atoms with van der Waals surface area (Å²) >= 11 is 0. The first-order valence-corrected chi connectivity index (χ1v) is 9.14. The van der Waals surface area contributed by atoms with Crippen LogP contribution < -0.4 is 10.6 Å². The first-order chi connectivity index (χ1) is 11.5. The number of nitrogens with one attached hydrogen (secondary N) is 2. The molecule has 1 saturated carbocycles. The summed E-state index contributed by atoms with van der Waals surface area (Å²) < 4.78 is 0. The van der Waals surface area contributed by atoms with Gasteiger partial charge in [0.25, 0.3) is 0 Å².